The molecule has 0 unspecified atom stereocenters. The fourth-order valence-electron chi connectivity index (χ4n) is 3.57. The molecule has 132 valence electrons. The quantitative estimate of drug-likeness (QED) is 0.582. The van der Waals surface area contributed by atoms with Crippen LogP contribution < -0.4 is 19.9 Å². The lowest BCUT2D eigenvalue weighted by atomic mass is 10.0. The monoisotopic (exact) mass is 374 g/mol. The average Bonchev–Trinajstić information content (AvgIpc) is 3.08. The molecule has 0 amide bonds. The third-order valence-electron chi connectivity index (χ3n) is 4.79. The van der Waals surface area contributed by atoms with E-state index in [2.05, 4.69) is 12.1 Å². The summed E-state index contributed by atoms with van der Waals surface area (Å²) in [5.41, 5.74) is 3.82. The van der Waals surface area contributed by atoms with E-state index < -0.39 is 5.97 Å². The van der Waals surface area contributed by atoms with E-state index in [1.54, 1.807) is 19.4 Å². The fourth-order valence-corrected chi connectivity index (χ4v) is 4.62. The number of allylic oxidation sites excluding steroid dienone is 1. The second-order valence-electron chi connectivity index (χ2n) is 6.31. The van der Waals surface area contributed by atoms with Crippen molar-refractivity contribution in [2.75, 3.05) is 7.11 Å². The van der Waals surface area contributed by atoms with Crippen LogP contribution in [0.3, 0.4) is 0 Å². The van der Waals surface area contributed by atoms with E-state index in [9.17, 15) is 9.90 Å². The molecule has 5 rings (SSSR count). The van der Waals surface area contributed by atoms with Gasteiger partial charge in [0.05, 0.1) is 13.4 Å². The Morgan fingerprint density at radius 3 is 2.81 bits per heavy atom. The van der Waals surface area contributed by atoms with Gasteiger partial charge < -0.3 is 14.6 Å². The Labute approximate surface area is 158 Å². The highest BCUT2D eigenvalue weighted by molar-refractivity contribution is 7.18. The Hall–Kier alpha value is -3.31. The largest absolute Gasteiger partial charge is 0.496 e. The van der Waals surface area contributed by atoms with Crippen molar-refractivity contribution in [3.05, 3.63) is 69.6 Å². The molecular formula is C22H14O4S. The number of ether oxygens (including phenoxy) is 2. The molecular weight excluding hydrogens is 360 g/mol. The predicted octanol–water partition coefficient (Wildman–Crippen LogP) is 3.62. The van der Waals surface area contributed by atoms with Gasteiger partial charge in [0.1, 0.15) is 16.4 Å². The first-order chi connectivity index (χ1) is 13.2. The van der Waals surface area contributed by atoms with E-state index in [4.69, 9.17) is 9.47 Å². The van der Waals surface area contributed by atoms with Gasteiger partial charge in [-0.25, -0.2) is 4.79 Å². The van der Waals surface area contributed by atoms with Crippen LogP contribution in [0.15, 0.2) is 48.7 Å². The Morgan fingerprint density at radius 1 is 1.11 bits per heavy atom. The van der Waals surface area contributed by atoms with E-state index in [0.29, 0.717) is 4.88 Å². The molecule has 0 atom stereocenters. The highest BCUT2D eigenvalue weighted by atomic mass is 32.1. The predicted molar refractivity (Wildman–Crippen MR) is 106 cm³/mol. The number of aromatic carboxylic acids is 1. The van der Waals surface area contributed by atoms with E-state index in [1.165, 1.54) is 11.3 Å². The molecule has 1 N–H and O–H groups in total. The lowest BCUT2D eigenvalue weighted by Gasteiger charge is -2.09. The van der Waals surface area contributed by atoms with Crippen molar-refractivity contribution >= 4 is 29.5 Å². The van der Waals surface area contributed by atoms with Crippen LogP contribution in [0.25, 0.3) is 33.7 Å². The highest BCUT2D eigenvalue weighted by Crippen LogP contribution is 2.43. The van der Waals surface area contributed by atoms with Gasteiger partial charge in [0, 0.05) is 26.8 Å². The molecule has 3 aromatic rings. The van der Waals surface area contributed by atoms with E-state index in [0.717, 1.165) is 49.1 Å². The highest BCUT2D eigenvalue weighted by Gasteiger charge is 2.23. The van der Waals surface area contributed by atoms with E-state index in [-0.39, 0.29) is 0 Å². The minimum atomic E-state index is -0.918. The standard InChI is InChI=1S/C22H14O4S/c1-25-18-6-2-5-14-16(18)9-13-10-19-12(4-3-7-26-19)8-15(13)17-11-20(22(23)24)27-21(14)17/h2-11H,1H3,(H,23,24). The Kier molecular flexibility index (Phi) is 3.45. The van der Waals surface area contributed by atoms with Crippen LogP contribution in [0.1, 0.15) is 15.2 Å². The molecule has 1 aliphatic heterocycles. The molecule has 2 heterocycles. The maximum Gasteiger partial charge on any atom is 0.345 e. The van der Waals surface area contributed by atoms with Crippen molar-refractivity contribution in [2.45, 2.75) is 0 Å². The Balaban J connectivity index is 1.94. The van der Waals surface area contributed by atoms with Gasteiger partial charge in [-0.05, 0) is 53.3 Å². The summed E-state index contributed by atoms with van der Waals surface area (Å²) in [5.74, 6) is 0.613. The molecule has 5 heteroatoms. The summed E-state index contributed by atoms with van der Waals surface area (Å²) in [6.45, 7) is 0. The summed E-state index contributed by atoms with van der Waals surface area (Å²) in [6, 6.07) is 11.7. The van der Waals surface area contributed by atoms with Gasteiger partial charge in [-0.15, -0.1) is 11.3 Å². The molecule has 1 aromatic heterocycles. The zero-order chi connectivity index (χ0) is 18.5. The summed E-state index contributed by atoms with van der Waals surface area (Å²) in [7, 11) is 1.64. The van der Waals surface area contributed by atoms with Crippen LogP contribution in [0.4, 0.5) is 0 Å². The number of hydrogen-bond donors (Lipinski definition) is 1. The normalized spacial score (nSPS) is 12.9. The van der Waals surface area contributed by atoms with Crippen molar-refractivity contribution in [2.24, 2.45) is 0 Å². The lowest BCUT2D eigenvalue weighted by molar-refractivity contribution is 0.0702. The summed E-state index contributed by atoms with van der Waals surface area (Å²) < 4.78 is 11.2. The van der Waals surface area contributed by atoms with Crippen LogP contribution >= 0.6 is 11.3 Å². The van der Waals surface area contributed by atoms with Gasteiger partial charge in [0.2, 0.25) is 0 Å². The zero-order valence-electron chi connectivity index (χ0n) is 14.4. The van der Waals surface area contributed by atoms with Crippen molar-refractivity contribution < 1.29 is 19.4 Å². The van der Waals surface area contributed by atoms with Gasteiger partial charge in [0.15, 0.2) is 0 Å². The zero-order valence-corrected chi connectivity index (χ0v) is 15.2. The number of rotatable bonds is 2. The molecule has 2 aliphatic rings. The third kappa shape index (κ3) is 2.39. The molecule has 0 spiro atoms. The van der Waals surface area contributed by atoms with Gasteiger partial charge in [-0.1, -0.05) is 12.1 Å². The van der Waals surface area contributed by atoms with E-state index >= 15 is 0 Å². The summed E-state index contributed by atoms with van der Waals surface area (Å²) in [6.07, 6.45) is 7.57. The van der Waals surface area contributed by atoms with Gasteiger partial charge in [-0.2, -0.15) is 0 Å². The van der Waals surface area contributed by atoms with Crippen LogP contribution in [0, 0.1) is 0 Å². The molecule has 0 saturated heterocycles. The molecule has 4 nitrogen and oxygen atoms in total. The molecule has 0 radical (unpaired) electrons. The maximum atomic E-state index is 11.6. The van der Waals surface area contributed by atoms with Gasteiger partial charge in [-0.3, -0.25) is 0 Å². The number of thiophene rings is 1. The van der Waals surface area contributed by atoms with Crippen LogP contribution in [0.2, 0.25) is 0 Å². The van der Waals surface area contributed by atoms with Crippen molar-refractivity contribution in [1.29, 1.82) is 0 Å². The number of carboxylic acid groups (broad SMARTS) is 1. The van der Waals surface area contributed by atoms with Gasteiger partial charge >= 0.3 is 5.97 Å². The summed E-state index contributed by atoms with van der Waals surface area (Å²) >= 11 is 1.29. The average molecular weight is 374 g/mol. The van der Waals surface area contributed by atoms with Crippen LogP contribution in [-0.2, 0) is 0 Å². The molecule has 1 aliphatic carbocycles. The minimum absolute atomic E-state index is 0.319. The second-order valence-corrected chi connectivity index (χ2v) is 7.37. The maximum absolute atomic E-state index is 11.6. The van der Waals surface area contributed by atoms with Crippen molar-refractivity contribution in [3.8, 4) is 33.1 Å². The smallest absolute Gasteiger partial charge is 0.345 e. The van der Waals surface area contributed by atoms with Crippen LogP contribution in [0.5, 0.6) is 11.5 Å². The summed E-state index contributed by atoms with van der Waals surface area (Å²) in [4.78, 5) is 12.9. The van der Waals surface area contributed by atoms with Crippen molar-refractivity contribution in [3.63, 3.8) is 0 Å². The number of carboxylic acids is 1. The number of carbonyl (C=O) groups is 1. The number of benzene rings is 2. The van der Waals surface area contributed by atoms with Crippen molar-refractivity contribution in [1.82, 2.24) is 0 Å². The SMILES string of the molecule is COc1cccc2c1C=c1cc3c(cc1-c1cc(C(=O)O)sc1-2)=CC=CO3. The minimum Gasteiger partial charge on any atom is -0.496 e. The number of fused-ring (bicyclic) bond motifs is 6. The topological polar surface area (TPSA) is 55.8 Å². The van der Waals surface area contributed by atoms with E-state index in [1.807, 2.05) is 36.4 Å². The first-order valence-corrected chi connectivity index (χ1v) is 9.21. The molecule has 0 saturated carbocycles. The molecule has 0 fully saturated rings. The molecule has 2 aromatic carbocycles. The molecule has 0 bridgehead atoms. The number of hydrogen-bond acceptors (Lipinski definition) is 4. The van der Waals surface area contributed by atoms with Gasteiger partial charge in [0.25, 0.3) is 0 Å². The lowest BCUT2D eigenvalue weighted by Crippen LogP contribution is -2.16. The third-order valence-corrected chi connectivity index (χ3v) is 5.95. The Morgan fingerprint density at radius 2 is 2.00 bits per heavy atom. The van der Waals surface area contributed by atoms with Crippen LogP contribution in [-0.4, -0.2) is 18.2 Å². The fraction of sp³-hybridized carbons (Fsp3) is 0.0455. The first-order valence-electron chi connectivity index (χ1n) is 8.40. The Bertz CT molecular complexity index is 1260. The number of methoxy groups -OCH3 is 1. The molecule has 27 heavy (non-hydrogen) atoms. The summed E-state index contributed by atoms with van der Waals surface area (Å²) in [5, 5.41) is 11.5. The first kappa shape index (κ1) is 15.9. The second kappa shape index (κ2) is 5.86.